The van der Waals surface area contributed by atoms with Crippen LogP contribution in [0.4, 0.5) is 0 Å². The van der Waals surface area contributed by atoms with Crippen molar-refractivity contribution in [3.8, 4) is 0 Å². The minimum atomic E-state index is 0.289. The molecule has 0 aromatic heterocycles. The summed E-state index contributed by atoms with van der Waals surface area (Å²) in [6.45, 7) is 6.64. The highest BCUT2D eigenvalue weighted by molar-refractivity contribution is 9.10. The maximum atomic E-state index is 6.11. The molecule has 0 fully saturated rings. The molecule has 0 N–H and O–H groups in total. The van der Waals surface area contributed by atoms with Gasteiger partial charge in [0.25, 0.3) is 0 Å². The first-order valence-electron chi connectivity index (χ1n) is 4.32. The number of hydrogen-bond acceptors (Lipinski definition) is 0. The lowest BCUT2D eigenvalue weighted by molar-refractivity contribution is 0.411. The number of benzene rings is 1. The van der Waals surface area contributed by atoms with Crippen molar-refractivity contribution in [2.75, 3.05) is 0 Å². The Bertz CT molecular complexity index is 299. The second-order valence-electron chi connectivity index (χ2n) is 4.47. The van der Waals surface area contributed by atoms with Crippen molar-refractivity contribution in [2.45, 2.75) is 27.2 Å². The van der Waals surface area contributed by atoms with Gasteiger partial charge in [0, 0.05) is 9.50 Å². The first-order chi connectivity index (χ1) is 5.88. The van der Waals surface area contributed by atoms with Gasteiger partial charge >= 0.3 is 0 Å². The van der Waals surface area contributed by atoms with E-state index >= 15 is 0 Å². The van der Waals surface area contributed by atoms with E-state index in [1.165, 1.54) is 5.56 Å². The average Bonchev–Trinajstić information content (AvgIpc) is 1.93. The highest BCUT2D eigenvalue weighted by Gasteiger charge is 2.13. The van der Waals surface area contributed by atoms with Gasteiger partial charge in [-0.1, -0.05) is 54.4 Å². The Morgan fingerprint density at radius 2 is 1.92 bits per heavy atom. The van der Waals surface area contributed by atoms with E-state index in [1.54, 1.807) is 0 Å². The summed E-state index contributed by atoms with van der Waals surface area (Å²) in [6.07, 6.45) is 1.01. The minimum Gasteiger partial charge on any atom is -0.0840 e. The zero-order valence-corrected chi connectivity index (χ0v) is 10.5. The van der Waals surface area contributed by atoms with Crippen LogP contribution in [-0.2, 0) is 6.42 Å². The van der Waals surface area contributed by atoms with Crippen LogP contribution in [0.3, 0.4) is 0 Å². The molecule has 72 valence electrons. The van der Waals surface area contributed by atoms with E-state index < -0.39 is 0 Å². The third-order valence-corrected chi connectivity index (χ3v) is 2.58. The zero-order chi connectivity index (χ0) is 10.1. The van der Waals surface area contributed by atoms with E-state index in [4.69, 9.17) is 11.6 Å². The monoisotopic (exact) mass is 260 g/mol. The van der Waals surface area contributed by atoms with Crippen molar-refractivity contribution < 1.29 is 0 Å². The van der Waals surface area contributed by atoms with Crippen LogP contribution in [0.5, 0.6) is 0 Å². The van der Waals surface area contributed by atoms with Crippen LogP contribution in [0, 0.1) is 5.41 Å². The van der Waals surface area contributed by atoms with Gasteiger partial charge in [0.15, 0.2) is 0 Å². The van der Waals surface area contributed by atoms with Gasteiger partial charge in [0.2, 0.25) is 0 Å². The summed E-state index contributed by atoms with van der Waals surface area (Å²) in [5, 5.41) is 0.851. The van der Waals surface area contributed by atoms with Crippen LogP contribution in [0.1, 0.15) is 26.3 Å². The van der Waals surface area contributed by atoms with Crippen LogP contribution in [-0.4, -0.2) is 0 Å². The van der Waals surface area contributed by atoms with Gasteiger partial charge in [0.05, 0.1) is 0 Å². The molecule has 1 rings (SSSR count). The Hall–Kier alpha value is -0.0100. The van der Waals surface area contributed by atoms with Crippen molar-refractivity contribution in [1.82, 2.24) is 0 Å². The smallest absolute Gasteiger partial charge is 0.0449 e. The molecule has 0 amide bonds. The van der Waals surface area contributed by atoms with E-state index in [2.05, 4.69) is 42.8 Å². The molecule has 0 unspecified atom stereocenters. The Balaban J connectivity index is 2.90. The van der Waals surface area contributed by atoms with Gasteiger partial charge in [-0.3, -0.25) is 0 Å². The van der Waals surface area contributed by atoms with Gasteiger partial charge in [0.1, 0.15) is 0 Å². The van der Waals surface area contributed by atoms with Crippen molar-refractivity contribution in [1.29, 1.82) is 0 Å². The fourth-order valence-electron chi connectivity index (χ4n) is 1.24. The summed E-state index contributed by atoms with van der Waals surface area (Å²) in [5.74, 6) is 0. The van der Waals surface area contributed by atoms with E-state index in [-0.39, 0.29) is 5.41 Å². The Labute approximate surface area is 93.4 Å². The Morgan fingerprint density at radius 3 is 2.38 bits per heavy atom. The van der Waals surface area contributed by atoms with Gasteiger partial charge in [-0.15, -0.1) is 0 Å². The molecule has 0 aliphatic heterocycles. The third kappa shape index (κ3) is 3.70. The third-order valence-electron chi connectivity index (χ3n) is 1.74. The molecule has 0 saturated heterocycles. The SMILES string of the molecule is CC(C)(C)Cc1ccc(Br)cc1Cl. The molecule has 0 aliphatic carbocycles. The summed E-state index contributed by atoms with van der Waals surface area (Å²) < 4.78 is 1.04. The molecule has 0 radical (unpaired) electrons. The molecule has 0 aliphatic rings. The van der Waals surface area contributed by atoms with Crippen LogP contribution in [0.2, 0.25) is 5.02 Å². The maximum absolute atomic E-state index is 6.11. The van der Waals surface area contributed by atoms with Crippen molar-refractivity contribution in [3.05, 3.63) is 33.3 Å². The maximum Gasteiger partial charge on any atom is 0.0449 e. The van der Waals surface area contributed by atoms with Crippen LogP contribution < -0.4 is 0 Å². The summed E-state index contributed by atoms with van der Waals surface area (Å²) in [4.78, 5) is 0. The normalized spacial score (nSPS) is 11.8. The number of hydrogen-bond donors (Lipinski definition) is 0. The largest absolute Gasteiger partial charge is 0.0840 e. The molecule has 0 atom stereocenters. The van der Waals surface area contributed by atoms with E-state index in [9.17, 15) is 0 Å². The second-order valence-corrected chi connectivity index (χ2v) is 5.80. The van der Waals surface area contributed by atoms with Crippen LogP contribution in [0.15, 0.2) is 22.7 Å². The lowest BCUT2D eigenvalue weighted by Crippen LogP contribution is -2.09. The lowest BCUT2D eigenvalue weighted by atomic mass is 9.88. The van der Waals surface area contributed by atoms with Crippen molar-refractivity contribution in [2.24, 2.45) is 5.41 Å². The van der Waals surface area contributed by atoms with Gasteiger partial charge in [-0.2, -0.15) is 0 Å². The minimum absolute atomic E-state index is 0.289. The Morgan fingerprint density at radius 1 is 1.31 bits per heavy atom. The zero-order valence-electron chi connectivity index (χ0n) is 8.20. The molecule has 1 aromatic carbocycles. The molecule has 0 spiro atoms. The molecule has 0 saturated carbocycles. The highest BCUT2D eigenvalue weighted by Crippen LogP contribution is 2.27. The number of halogens is 2. The Kier molecular flexibility index (Phi) is 3.42. The predicted octanol–water partition coefficient (Wildman–Crippen LogP) is 4.69. The fourth-order valence-corrected chi connectivity index (χ4v) is 1.98. The second kappa shape index (κ2) is 4.02. The first-order valence-corrected chi connectivity index (χ1v) is 5.49. The topological polar surface area (TPSA) is 0 Å². The fraction of sp³-hybridized carbons (Fsp3) is 0.455. The molecule has 2 heteroatoms. The summed E-state index contributed by atoms with van der Waals surface area (Å²) in [7, 11) is 0. The summed E-state index contributed by atoms with van der Waals surface area (Å²) in [5.41, 5.74) is 1.51. The van der Waals surface area contributed by atoms with E-state index in [0.29, 0.717) is 0 Å². The average molecular weight is 262 g/mol. The van der Waals surface area contributed by atoms with Crippen LogP contribution in [0.25, 0.3) is 0 Å². The summed E-state index contributed by atoms with van der Waals surface area (Å²) >= 11 is 9.50. The van der Waals surface area contributed by atoms with Crippen LogP contribution >= 0.6 is 27.5 Å². The van der Waals surface area contributed by atoms with Gasteiger partial charge < -0.3 is 0 Å². The summed E-state index contributed by atoms with van der Waals surface area (Å²) in [6, 6.07) is 6.06. The molecule has 0 heterocycles. The van der Waals surface area contributed by atoms with Crippen molar-refractivity contribution >= 4 is 27.5 Å². The molecule has 0 bridgehead atoms. The standard InChI is InChI=1S/C11H14BrCl/c1-11(2,3)7-8-4-5-9(12)6-10(8)13/h4-6H,7H2,1-3H3. The molecule has 1 aromatic rings. The quantitative estimate of drug-likeness (QED) is 0.688. The van der Waals surface area contributed by atoms with Gasteiger partial charge in [-0.25, -0.2) is 0 Å². The lowest BCUT2D eigenvalue weighted by Gasteiger charge is -2.18. The van der Waals surface area contributed by atoms with E-state index in [1.807, 2.05) is 12.1 Å². The predicted molar refractivity (Wildman–Crippen MR) is 62.3 cm³/mol. The molecular formula is C11H14BrCl. The van der Waals surface area contributed by atoms with Crippen molar-refractivity contribution in [3.63, 3.8) is 0 Å². The van der Waals surface area contributed by atoms with E-state index in [0.717, 1.165) is 15.9 Å². The highest BCUT2D eigenvalue weighted by atomic mass is 79.9. The first kappa shape index (κ1) is 11.1. The molecular weight excluding hydrogens is 247 g/mol. The molecule has 0 nitrogen and oxygen atoms in total. The number of rotatable bonds is 1. The molecule has 13 heavy (non-hydrogen) atoms. The van der Waals surface area contributed by atoms with Gasteiger partial charge in [-0.05, 0) is 29.5 Å².